The zero-order valence-corrected chi connectivity index (χ0v) is 20.8. The van der Waals surface area contributed by atoms with Gasteiger partial charge in [-0.15, -0.1) is 11.3 Å². The van der Waals surface area contributed by atoms with Gasteiger partial charge in [-0.1, -0.05) is 36.4 Å². The number of benzene rings is 1. The maximum absolute atomic E-state index is 13.3. The summed E-state index contributed by atoms with van der Waals surface area (Å²) in [7, 11) is 1.94. The SMILES string of the molecule is CN(C(=O)c1ccccn1)C(Cc1ccccc1)C1CCN(Cc2cccn2-c2nccs2)CC1. The zero-order chi connectivity index (χ0) is 24.0. The summed E-state index contributed by atoms with van der Waals surface area (Å²) in [5.74, 6) is 0.435. The number of nitrogens with zero attached hydrogens (tertiary/aromatic N) is 5. The van der Waals surface area contributed by atoms with Crippen LogP contribution in [0.1, 0.15) is 34.6 Å². The van der Waals surface area contributed by atoms with E-state index in [0.717, 1.165) is 44.0 Å². The van der Waals surface area contributed by atoms with Gasteiger partial charge in [-0.05, 0) is 68.1 Å². The van der Waals surface area contributed by atoms with Gasteiger partial charge in [0.05, 0.1) is 0 Å². The molecule has 0 aliphatic carbocycles. The first-order chi connectivity index (χ1) is 17.2. The molecule has 1 fully saturated rings. The second-order valence-corrected chi connectivity index (χ2v) is 10.1. The number of rotatable bonds is 8. The molecule has 1 aliphatic heterocycles. The lowest BCUT2D eigenvalue weighted by molar-refractivity contribution is 0.0578. The van der Waals surface area contributed by atoms with Crippen molar-refractivity contribution in [2.24, 2.45) is 5.92 Å². The van der Waals surface area contributed by atoms with E-state index in [1.54, 1.807) is 23.6 Å². The van der Waals surface area contributed by atoms with Crippen molar-refractivity contribution in [3.8, 4) is 5.13 Å². The van der Waals surface area contributed by atoms with Gasteiger partial charge in [-0.25, -0.2) is 4.98 Å². The minimum Gasteiger partial charge on any atom is -0.337 e. The predicted octanol–water partition coefficient (Wildman–Crippen LogP) is 4.92. The Balaban J connectivity index is 1.28. The average molecular weight is 486 g/mol. The molecule has 1 amide bonds. The second-order valence-electron chi connectivity index (χ2n) is 9.19. The van der Waals surface area contributed by atoms with Crippen LogP contribution < -0.4 is 0 Å². The number of pyridine rings is 1. The fraction of sp³-hybridized carbons (Fsp3) is 0.321. The number of piperidine rings is 1. The van der Waals surface area contributed by atoms with E-state index in [9.17, 15) is 4.79 Å². The molecule has 35 heavy (non-hydrogen) atoms. The zero-order valence-electron chi connectivity index (χ0n) is 20.0. The Kier molecular flexibility index (Phi) is 7.35. The monoisotopic (exact) mass is 485 g/mol. The van der Waals surface area contributed by atoms with E-state index in [0.29, 0.717) is 11.6 Å². The Labute approximate surface area is 210 Å². The Morgan fingerprint density at radius 3 is 2.54 bits per heavy atom. The summed E-state index contributed by atoms with van der Waals surface area (Å²) < 4.78 is 2.19. The molecule has 0 saturated carbocycles. The standard InChI is InChI=1S/C28H31N5OS/c1-31(27(34)25-11-5-6-14-29-25)26(20-22-8-3-2-4-9-22)23-12-17-32(18-13-23)21-24-10-7-16-33(24)28-30-15-19-35-28/h2-11,14-16,19,23,26H,12-13,17-18,20-21H2,1H3. The summed E-state index contributed by atoms with van der Waals surface area (Å²) in [5, 5.41) is 3.03. The number of hydrogen-bond acceptors (Lipinski definition) is 5. The van der Waals surface area contributed by atoms with Gasteiger partial charge in [0.2, 0.25) is 0 Å². The largest absolute Gasteiger partial charge is 0.337 e. The molecule has 180 valence electrons. The third-order valence-electron chi connectivity index (χ3n) is 7.01. The summed E-state index contributed by atoms with van der Waals surface area (Å²) in [6.45, 7) is 2.95. The first kappa shape index (κ1) is 23.5. The van der Waals surface area contributed by atoms with Crippen LogP contribution in [-0.2, 0) is 13.0 Å². The fourth-order valence-electron chi connectivity index (χ4n) is 5.09. The van der Waals surface area contributed by atoms with E-state index in [2.05, 4.69) is 62.0 Å². The van der Waals surface area contributed by atoms with Gasteiger partial charge < -0.3 is 4.90 Å². The van der Waals surface area contributed by atoms with Crippen molar-refractivity contribution in [2.45, 2.75) is 31.8 Å². The fourth-order valence-corrected chi connectivity index (χ4v) is 5.74. The Morgan fingerprint density at radius 1 is 1.03 bits per heavy atom. The molecule has 1 aliphatic rings. The predicted molar refractivity (Wildman–Crippen MR) is 140 cm³/mol. The quantitative estimate of drug-likeness (QED) is 0.355. The molecule has 0 spiro atoms. The molecule has 0 radical (unpaired) electrons. The van der Waals surface area contributed by atoms with Crippen molar-refractivity contribution in [3.05, 3.63) is 102 Å². The highest BCUT2D eigenvalue weighted by molar-refractivity contribution is 7.12. The number of likely N-dealkylation sites (tertiary alicyclic amines) is 1. The highest BCUT2D eigenvalue weighted by Crippen LogP contribution is 2.28. The van der Waals surface area contributed by atoms with E-state index in [4.69, 9.17) is 0 Å². The van der Waals surface area contributed by atoms with Crippen LogP contribution in [0.4, 0.5) is 0 Å². The molecule has 3 aromatic heterocycles. The van der Waals surface area contributed by atoms with E-state index >= 15 is 0 Å². The van der Waals surface area contributed by atoms with Crippen LogP contribution in [0.5, 0.6) is 0 Å². The lowest BCUT2D eigenvalue weighted by Gasteiger charge is -2.40. The number of carbonyl (C=O) groups excluding carboxylic acids is 1. The third-order valence-corrected chi connectivity index (χ3v) is 7.78. The minimum absolute atomic E-state index is 0.00441. The molecule has 1 saturated heterocycles. The molecule has 4 aromatic rings. The van der Waals surface area contributed by atoms with Crippen molar-refractivity contribution >= 4 is 17.2 Å². The van der Waals surface area contributed by atoms with Crippen molar-refractivity contribution < 1.29 is 4.79 Å². The van der Waals surface area contributed by atoms with Gasteiger partial charge in [0.25, 0.3) is 5.91 Å². The molecule has 1 atom stereocenters. The van der Waals surface area contributed by atoms with Crippen LogP contribution >= 0.6 is 11.3 Å². The summed E-state index contributed by atoms with van der Waals surface area (Å²) in [6.07, 6.45) is 8.62. The Hall–Kier alpha value is -3.29. The summed E-state index contributed by atoms with van der Waals surface area (Å²) >= 11 is 1.66. The van der Waals surface area contributed by atoms with Crippen LogP contribution in [0.3, 0.4) is 0 Å². The van der Waals surface area contributed by atoms with Crippen molar-refractivity contribution in [1.82, 2.24) is 24.3 Å². The number of hydrogen-bond donors (Lipinski definition) is 0. The van der Waals surface area contributed by atoms with Gasteiger partial charge in [-0.3, -0.25) is 19.2 Å². The number of thiazole rings is 1. The van der Waals surface area contributed by atoms with Crippen molar-refractivity contribution in [3.63, 3.8) is 0 Å². The molecule has 1 unspecified atom stereocenters. The van der Waals surface area contributed by atoms with Crippen LogP contribution in [-0.4, -0.2) is 56.4 Å². The van der Waals surface area contributed by atoms with Gasteiger partial charge in [0.1, 0.15) is 5.69 Å². The number of aromatic nitrogens is 3. The van der Waals surface area contributed by atoms with Crippen LogP contribution in [0, 0.1) is 5.92 Å². The lowest BCUT2D eigenvalue weighted by Crippen LogP contribution is -2.47. The summed E-state index contributed by atoms with van der Waals surface area (Å²) in [4.78, 5) is 26.5. The molecular weight excluding hydrogens is 454 g/mol. The number of carbonyl (C=O) groups is 1. The van der Waals surface area contributed by atoms with Crippen LogP contribution in [0.2, 0.25) is 0 Å². The number of likely N-dealkylation sites (N-methyl/N-ethyl adjacent to an activating group) is 1. The van der Waals surface area contributed by atoms with E-state index in [-0.39, 0.29) is 11.9 Å². The summed E-state index contributed by atoms with van der Waals surface area (Å²) in [5.41, 5.74) is 3.04. The second kappa shape index (κ2) is 11.0. The topological polar surface area (TPSA) is 54.3 Å². The molecule has 6 nitrogen and oxygen atoms in total. The maximum Gasteiger partial charge on any atom is 0.272 e. The van der Waals surface area contributed by atoms with Crippen LogP contribution in [0.15, 0.2) is 84.6 Å². The molecule has 0 N–H and O–H groups in total. The van der Waals surface area contributed by atoms with Crippen molar-refractivity contribution in [1.29, 1.82) is 0 Å². The lowest BCUT2D eigenvalue weighted by atomic mass is 9.84. The average Bonchev–Trinajstić information content (AvgIpc) is 3.60. The smallest absolute Gasteiger partial charge is 0.272 e. The van der Waals surface area contributed by atoms with E-state index in [1.165, 1.54) is 11.3 Å². The molecular formula is C28H31N5OS. The highest BCUT2D eigenvalue weighted by atomic mass is 32.1. The van der Waals surface area contributed by atoms with E-state index in [1.807, 2.05) is 41.7 Å². The first-order valence-electron chi connectivity index (χ1n) is 12.2. The normalized spacial score (nSPS) is 15.7. The maximum atomic E-state index is 13.3. The molecule has 7 heteroatoms. The summed E-state index contributed by atoms with van der Waals surface area (Å²) in [6, 6.07) is 20.5. The number of amides is 1. The van der Waals surface area contributed by atoms with Crippen molar-refractivity contribution in [2.75, 3.05) is 20.1 Å². The molecule has 1 aromatic carbocycles. The molecule has 4 heterocycles. The van der Waals surface area contributed by atoms with Gasteiger partial charge in [-0.2, -0.15) is 0 Å². The molecule has 5 rings (SSSR count). The highest BCUT2D eigenvalue weighted by Gasteiger charge is 2.32. The first-order valence-corrected chi connectivity index (χ1v) is 13.1. The minimum atomic E-state index is -0.00441. The van der Waals surface area contributed by atoms with Gasteiger partial charge >= 0.3 is 0 Å². The Morgan fingerprint density at radius 2 is 1.83 bits per heavy atom. The Bertz CT molecular complexity index is 1200. The molecule has 0 bridgehead atoms. The van der Waals surface area contributed by atoms with E-state index < -0.39 is 0 Å². The van der Waals surface area contributed by atoms with Gasteiger partial charge in [0.15, 0.2) is 5.13 Å². The third kappa shape index (κ3) is 5.52. The van der Waals surface area contributed by atoms with Crippen LogP contribution in [0.25, 0.3) is 5.13 Å². The van der Waals surface area contributed by atoms with Gasteiger partial charge in [0, 0.05) is 49.3 Å².